The third kappa shape index (κ3) is 4.79. The number of ether oxygens (including phenoxy) is 1. The number of pyridine rings is 1. The number of amides is 2. The van der Waals surface area contributed by atoms with Gasteiger partial charge in [-0.15, -0.1) is 0 Å². The molecule has 0 aliphatic heterocycles. The minimum atomic E-state index is -0.147. The van der Waals surface area contributed by atoms with Gasteiger partial charge in [0.1, 0.15) is 6.10 Å². The molecule has 0 unspecified atom stereocenters. The molecule has 5 nitrogen and oxygen atoms in total. The van der Waals surface area contributed by atoms with Crippen LogP contribution in [0.25, 0.3) is 0 Å². The predicted molar refractivity (Wildman–Crippen MR) is 104 cm³/mol. The van der Waals surface area contributed by atoms with Gasteiger partial charge in [-0.1, -0.05) is 36.4 Å². The summed E-state index contributed by atoms with van der Waals surface area (Å²) in [6.45, 7) is 0.411. The molecular weight excluding hydrogens is 338 g/mol. The van der Waals surface area contributed by atoms with Crippen molar-refractivity contribution >= 4 is 6.03 Å². The van der Waals surface area contributed by atoms with Gasteiger partial charge in [0.15, 0.2) is 0 Å². The monoisotopic (exact) mass is 365 g/mol. The molecule has 142 valence electrons. The van der Waals surface area contributed by atoms with E-state index >= 15 is 0 Å². The van der Waals surface area contributed by atoms with E-state index in [0.717, 1.165) is 18.4 Å². The average Bonchev–Trinajstić information content (AvgIpc) is 3.42. The Bertz CT molecular complexity index is 755. The SMILES string of the molecule is O=C(NCc1cccnc1OC1CCCC1)N[C@H](c1ccccc1)C1CC1. The molecule has 2 N–H and O–H groups in total. The molecule has 0 radical (unpaired) electrons. The normalized spacial score (nSPS) is 18.1. The fourth-order valence-electron chi connectivity index (χ4n) is 3.76. The first-order valence-corrected chi connectivity index (χ1v) is 9.99. The lowest BCUT2D eigenvalue weighted by Gasteiger charge is -2.20. The van der Waals surface area contributed by atoms with E-state index in [9.17, 15) is 4.79 Å². The summed E-state index contributed by atoms with van der Waals surface area (Å²) in [5.74, 6) is 1.18. The van der Waals surface area contributed by atoms with Crippen LogP contribution in [0.4, 0.5) is 4.79 Å². The molecule has 2 aromatic rings. The molecule has 2 aliphatic rings. The predicted octanol–water partition coefficient (Wildman–Crippen LogP) is 4.35. The highest BCUT2D eigenvalue weighted by molar-refractivity contribution is 5.74. The van der Waals surface area contributed by atoms with Gasteiger partial charge in [-0.2, -0.15) is 0 Å². The zero-order valence-corrected chi connectivity index (χ0v) is 15.6. The summed E-state index contributed by atoms with van der Waals surface area (Å²) in [5, 5.41) is 6.12. The first-order valence-electron chi connectivity index (χ1n) is 9.99. The Labute approximate surface area is 160 Å². The van der Waals surface area contributed by atoms with Crippen LogP contribution >= 0.6 is 0 Å². The molecule has 2 amide bonds. The topological polar surface area (TPSA) is 63.2 Å². The lowest BCUT2D eigenvalue weighted by Crippen LogP contribution is -2.38. The van der Waals surface area contributed by atoms with Crippen LogP contribution in [0.1, 0.15) is 55.7 Å². The second kappa shape index (κ2) is 8.42. The molecule has 2 fully saturated rings. The number of rotatable bonds is 7. The van der Waals surface area contributed by atoms with Crippen molar-refractivity contribution in [2.75, 3.05) is 0 Å². The third-order valence-electron chi connectivity index (χ3n) is 5.41. The van der Waals surface area contributed by atoms with Gasteiger partial charge >= 0.3 is 6.03 Å². The summed E-state index contributed by atoms with van der Waals surface area (Å²) in [6.07, 6.45) is 8.94. The Balaban J connectivity index is 1.35. The molecule has 1 atom stereocenters. The maximum Gasteiger partial charge on any atom is 0.315 e. The van der Waals surface area contributed by atoms with E-state index in [0.29, 0.717) is 18.3 Å². The quantitative estimate of drug-likeness (QED) is 0.766. The van der Waals surface area contributed by atoms with E-state index in [4.69, 9.17) is 4.74 Å². The molecule has 0 spiro atoms. The molecule has 1 aromatic carbocycles. The standard InChI is InChI=1S/C22H27N3O2/c26-22(25-20(17-12-13-17)16-7-2-1-3-8-16)24-15-18-9-6-14-23-21(18)27-19-10-4-5-11-19/h1-3,6-9,14,17,19-20H,4-5,10-13,15H2,(H2,24,25,26)/t20-/m1/s1. The Hall–Kier alpha value is -2.56. The number of nitrogens with one attached hydrogen (secondary N) is 2. The number of urea groups is 1. The minimum absolute atomic E-state index is 0.0781. The average molecular weight is 365 g/mol. The van der Waals surface area contributed by atoms with Gasteiger partial charge < -0.3 is 15.4 Å². The zero-order valence-electron chi connectivity index (χ0n) is 15.6. The lowest BCUT2D eigenvalue weighted by molar-refractivity contribution is 0.198. The van der Waals surface area contributed by atoms with E-state index < -0.39 is 0 Å². The highest BCUT2D eigenvalue weighted by Crippen LogP contribution is 2.40. The molecule has 1 aromatic heterocycles. The van der Waals surface area contributed by atoms with E-state index in [1.54, 1.807) is 6.20 Å². The molecule has 5 heteroatoms. The number of benzene rings is 1. The molecule has 27 heavy (non-hydrogen) atoms. The summed E-state index contributed by atoms with van der Waals surface area (Å²) in [5.41, 5.74) is 2.09. The fraction of sp³-hybridized carbons (Fsp3) is 0.455. The maximum absolute atomic E-state index is 12.5. The Kier molecular flexibility index (Phi) is 5.56. The molecule has 4 rings (SSSR count). The molecule has 0 bridgehead atoms. The molecule has 0 saturated heterocycles. The van der Waals surface area contributed by atoms with Crippen LogP contribution in [-0.4, -0.2) is 17.1 Å². The van der Waals surface area contributed by atoms with Crippen LogP contribution in [0.2, 0.25) is 0 Å². The summed E-state index contributed by atoms with van der Waals surface area (Å²) < 4.78 is 6.05. The van der Waals surface area contributed by atoms with Gasteiger partial charge in [0.05, 0.1) is 6.04 Å². The van der Waals surface area contributed by atoms with Crippen molar-refractivity contribution in [1.82, 2.24) is 15.6 Å². The van der Waals surface area contributed by atoms with Gasteiger partial charge in [0.25, 0.3) is 0 Å². The highest BCUT2D eigenvalue weighted by Gasteiger charge is 2.33. The molecule has 2 aliphatic carbocycles. The Morgan fingerprint density at radius 3 is 2.59 bits per heavy atom. The van der Waals surface area contributed by atoms with Gasteiger partial charge in [0.2, 0.25) is 5.88 Å². The first kappa shape index (κ1) is 17.8. The van der Waals surface area contributed by atoms with Crippen molar-refractivity contribution in [3.05, 3.63) is 59.8 Å². The van der Waals surface area contributed by atoms with Gasteiger partial charge in [-0.05, 0) is 56.1 Å². The van der Waals surface area contributed by atoms with Gasteiger partial charge in [-0.3, -0.25) is 0 Å². The van der Waals surface area contributed by atoms with E-state index in [2.05, 4.69) is 27.8 Å². The number of nitrogens with zero attached hydrogens (tertiary/aromatic N) is 1. The Morgan fingerprint density at radius 1 is 1.07 bits per heavy atom. The second-order valence-electron chi connectivity index (χ2n) is 7.54. The van der Waals surface area contributed by atoms with Crippen LogP contribution in [-0.2, 0) is 6.54 Å². The largest absolute Gasteiger partial charge is 0.474 e. The fourth-order valence-corrected chi connectivity index (χ4v) is 3.76. The van der Waals surface area contributed by atoms with Crippen molar-refractivity contribution in [3.8, 4) is 5.88 Å². The third-order valence-corrected chi connectivity index (χ3v) is 5.41. The number of carbonyl (C=O) groups is 1. The summed E-state index contributed by atoms with van der Waals surface area (Å²) in [6, 6.07) is 14.0. The number of carbonyl (C=O) groups excluding carboxylic acids is 1. The Morgan fingerprint density at radius 2 is 1.85 bits per heavy atom. The lowest BCUT2D eigenvalue weighted by atomic mass is 10.0. The number of hydrogen-bond donors (Lipinski definition) is 2. The first-order chi connectivity index (χ1) is 13.3. The van der Waals surface area contributed by atoms with Crippen LogP contribution in [0.15, 0.2) is 48.7 Å². The van der Waals surface area contributed by atoms with Gasteiger partial charge in [0, 0.05) is 18.3 Å². The van der Waals surface area contributed by atoms with Crippen molar-refractivity contribution in [3.63, 3.8) is 0 Å². The van der Waals surface area contributed by atoms with E-state index in [-0.39, 0.29) is 18.2 Å². The van der Waals surface area contributed by atoms with Crippen LogP contribution in [0.3, 0.4) is 0 Å². The van der Waals surface area contributed by atoms with Crippen molar-refractivity contribution in [2.24, 2.45) is 5.92 Å². The summed E-state index contributed by atoms with van der Waals surface area (Å²) in [4.78, 5) is 16.9. The maximum atomic E-state index is 12.5. The second-order valence-corrected chi connectivity index (χ2v) is 7.54. The van der Waals surface area contributed by atoms with Crippen LogP contribution in [0.5, 0.6) is 5.88 Å². The highest BCUT2D eigenvalue weighted by atomic mass is 16.5. The van der Waals surface area contributed by atoms with Crippen LogP contribution < -0.4 is 15.4 Å². The molecule has 1 heterocycles. The summed E-state index contributed by atoms with van der Waals surface area (Å²) in [7, 11) is 0. The smallest absolute Gasteiger partial charge is 0.315 e. The summed E-state index contributed by atoms with van der Waals surface area (Å²) >= 11 is 0. The molecule has 2 saturated carbocycles. The van der Waals surface area contributed by atoms with E-state index in [1.165, 1.54) is 31.2 Å². The number of hydrogen-bond acceptors (Lipinski definition) is 3. The van der Waals surface area contributed by atoms with Crippen molar-refractivity contribution < 1.29 is 9.53 Å². The zero-order chi connectivity index (χ0) is 18.5. The molecular formula is C22H27N3O2. The van der Waals surface area contributed by atoms with E-state index in [1.807, 2.05) is 30.3 Å². The van der Waals surface area contributed by atoms with Gasteiger partial charge in [-0.25, -0.2) is 9.78 Å². The van der Waals surface area contributed by atoms with Crippen LogP contribution in [0, 0.1) is 5.92 Å². The number of aromatic nitrogens is 1. The van der Waals surface area contributed by atoms with Crippen molar-refractivity contribution in [2.45, 2.75) is 57.2 Å². The minimum Gasteiger partial charge on any atom is -0.474 e. The van der Waals surface area contributed by atoms with Crippen molar-refractivity contribution in [1.29, 1.82) is 0 Å².